The third-order valence-electron chi connectivity index (χ3n) is 7.57. The van der Waals surface area contributed by atoms with Crippen molar-refractivity contribution in [3.8, 4) is 11.8 Å². The second-order valence-corrected chi connectivity index (χ2v) is 12.1. The standard InChI is InChI=1S/C39H41NO3/c1-5-6-8-29-9-7-10-30(12-11-29)13-14-31-15-17-32(18-16-31)27-40(28-33-19-21-35(22-20-33)38(42)43)37(41)34-23-25-36(26-24-34)39(2,3)4/h7,10-12,15-26H,5-6,8-9,27-28H2,1-4H3,(H,42,43). The zero-order valence-electron chi connectivity index (χ0n) is 25.7. The summed E-state index contributed by atoms with van der Waals surface area (Å²) in [5, 5.41) is 9.27. The van der Waals surface area contributed by atoms with Crippen molar-refractivity contribution in [3.63, 3.8) is 0 Å². The van der Waals surface area contributed by atoms with Gasteiger partial charge in [0, 0.05) is 29.8 Å². The number of nitrogens with zero attached hydrogens (tertiary/aromatic N) is 1. The molecule has 0 bridgehead atoms. The van der Waals surface area contributed by atoms with E-state index >= 15 is 0 Å². The average molecular weight is 572 g/mol. The molecule has 4 nitrogen and oxygen atoms in total. The number of carboxylic acid groups (broad SMARTS) is 1. The Morgan fingerprint density at radius 2 is 1.42 bits per heavy atom. The van der Waals surface area contributed by atoms with Crippen molar-refractivity contribution in [3.05, 3.63) is 142 Å². The second kappa shape index (κ2) is 14.5. The summed E-state index contributed by atoms with van der Waals surface area (Å²) >= 11 is 0. The first-order valence-electron chi connectivity index (χ1n) is 15.0. The van der Waals surface area contributed by atoms with Crippen LogP contribution < -0.4 is 0 Å². The molecule has 1 amide bonds. The highest BCUT2D eigenvalue weighted by atomic mass is 16.4. The van der Waals surface area contributed by atoms with Crippen LogP contribution in [0.15, 0.2) is 108 Å². The maximum absolute atomic E-state index is 13.7. The molecule has 3 aromatic carbocycles. The zero-order valence-corrected chi connectivity index (χ0v) is 25.7. The number of rotatable bonds is 9. The Morgan fingerprint density at radius 1 is 0.814 bits per heavy atom. The molecule has 0 saturated carbocycles. The Labute approximate surface area is 256 Å². The molecule has 1 aliphatic carbocycles. The van der Waals surface area contributed by atoms with Gasteiger partial charge in [0.05, 0.1) is 5.56 Å². The summed E-state index contributed by atoms with van der Waals surface area (Å²) in [4.78, 5) is 26.8. The van der Waals surface area contributed by atoms with Gasteiger partial charge in [-0.1, -0.05) is 106 Å². The minimum absolute atomic E-state index is 0.00486. The highest BCUT2D eigenvalue weighted by Crippen LogP contribution is 2.23. The van der Waals surface area contributed by atoms with Crippen LogP contribution >= 0.6 is 0 Å². The van der Waals surface area contributed by atoms with Gasteiger partial charge in [-0.15, -0.1) is 0 Å². The van der Waals surface area contributed by atoms with E-state index in [2.05, 4.69) is 63.8 Å². The van der Waals surface area contributed by atoms with Crippen LogP contribution in [0.5, 0.6) is 0 Å². The van der Waals surface area contributed by atoms with Crippen LogP contribution in [0.4, 0.5) is 0 Å². The number of unbranched alkanes of at least 4 members (excludes halogenated alkanes) is 1. The molecule has 0 unspecified atom stereocenters. The van der Waals surface area contributed by atoms with Crippen LogP contribution in [0, 0.1) is 11.8 Å². The Hall–Kier alpha value is -4.62. The summed E-state index contributed by atoms with van der Waals surface area (Å²) < 4.78 is 0. The topological polar surface area (TPSA) is 57.6 Å². The molecule has 0 atom stereocenters. The van der Waals surface area contributed by atoms with Crippen LogP contribution in [-0.2, 0) is 18.5 Å². The summed E-state index contributed by atoms with van der Waals surface area (Å²) in [5.74, 6) is 5.51. The fraction of sp³-hybridized carbons (Fsp3) is 0.282. The molecule has 0 aliphatic heterocycles. The number of carbonyl (C=O) groups is 2. The van der Waals surface area contributed by atoms with E-state index in [0.717, 1.165) is 35.1 Å². The molecule has 0 saturated heterocycles. The molecule has 4 heteroatoms. The maximum atomic E-state index is 13.7. The summed E-state index contributed by atoms with van der Waals surface area (Å²) in [7, 11) is 0. The lowest BCUT2D eigenvalue weighted by atomic mass is 9.86. The van der Waals surface area contributed by atoms with E-state index in [1.165, 1.54) is 24.0 Å². The Bertz CT molecular complexity index is 1570. The van der Waals surface area contributed by atoms with Crippen molar-refractivity contribution in [2.24, 2.45) is 0 Å². The Balaban J connectivity index is 1.52. The predicted octanol–water partition coefficient (Wildman–Crippen LogP) is 8.88. The van der Waals surface area contributed by atoms with E-state index in [1.807, 2.05) is 48.5 Å². The molecule has 1 N–H and O–H groups in total. The van der Waals surface area contributed by atoms with Gasteiger partial charge in [0.2, 0.25) is 0 Å². The van der Waals surface area contributed by atoms with Gasteiger partial charge in [0.1, 0.15) is 0 Å². The first-order chi connectivity index (χ1) is 20.6. The van der Waals surface area contributed by atoms with Gasteiger partial charge >= 0.3 is 5.97 Å². The molecule has 0 spiro atoms. The SMILES string of the molecule is CCCCC1=CC=C(C#Cc2ccc(CN(Cc3ccc(C(=O)O)cc3)C(=O)c3ccc(C(C)(C)C)cc3)cc2)C=CC1. The van der Waals surface area contributed by atoms with Crippen LogP contribution in [0.2, 0.25) is 0 Å². The normalized spacial score (nSPS) is 12.8. The van der Waals surface area contributed by atoms with E-state index in [1.54, 1.807) is 29.2 Å². The number of hydrogen-bond acceptors (Lipinski definition) is 2. The smallest absolute Gasteiger partial charge is 0.335 e. The largest absolute Gasteiger partial charge is 0.478 e. The molecule has 3 aromatic rings. The van der Waals surface area contributed by atoms with Gasteiger partial charge in [-0.2, -0.15) is 0 Å². The first-order valence-corrected chi connectivity index (χ1v) is 15.0. The fourth-order valence-corrected chi connectivity index (χ4v) is 4.87. The van der Waals surface area contributed by atoms with Gasteiger partial charge in [0.15, 0.2) is 0 Å². The predicted molar refractivity (Wildman–Crippen MR) is 175 cm³/mol. The van der Waals surface area contributed by atoms with Crippen molar-refractivity contribution in [1.29, 1.82) is 0 Å². The van der Waals surface area contributed by atoms with E-state index in [4.69, 9.17) is 0 Å². The third-order valence-corrected chi connectivity index (χ3v) is 7.57. The molecule has 0 fully saturated rings. The zero-order chi connectivity index (χ0) is 30.8. The lowest BCUT2D eigenvalue weighted by molar-refractivity contribution is 0.0693. The highest BCUT2D eigenvalue weighted by Gasteiger charge is 2.19. The molecule has 0 aromatic heterocycles. The van der Waals surface area contributed by atoms with Gasteiger partial charge in [-0.25, -0.2) is 4.79 Å². The number of allylic oxidation sites excluding steroid dienone is 6. The quantitative estimate of drug-likeness (QED) is 0.261. The molecular weight excluding hydrogens is 530 g/mol. The fourth-order valence-electron chi connectivity index (χ4n) is 4.87. The number of hydrogen-bond donors (Lipinski definition) is 1. The van der Waals surface area contributed by atoms with Crippen LogP contribution in [0.3, 0.4) is 0 Å². The second-order valence-electron chi connectivity index (χ2n) is 12.1. The van der Waals surface area contributed by atoms with E-state index in [0.29, 0.717) is 18.7 Å². The minimum Gasteiger partial charge on any atom is -0.478 e. The molecule has 1 aliphatic rings. The molecule has 0 radical (unpaired) electrons. The summed E-state index contributed by atoms with van der Waals surface area (Å²) in [6.07, 6.45) is 13.1. The molecule has 0 heterocycles. The monoisotopic (exact) mass is 571 g/mol. The first kappa shape index (κ1) is 31.3. The Kier molecular flexibility index (Phi) is 10.6. The van der Waals surface area contributed by atoms with Crippen molar-refractivity contribution < 1.29 is 14.7 Å². The maximum Gasteiger partial charge on any atom is 0.335 e. The van der Waals surface area contributed by atoms with Crippen molar-refractivity contribution >= 4 is 11.9 Å². The Morgan fingerprint density at radius 3 is 2.00 bits per heavy atom. The number of benzene rings is 3. The van der Waals surface area contributed by atoms with Gasteiger partial charge in [-0.05, 0) is 83.8 Å². The van der Waals surface area contributed by atoms with Gasteiger partial charge in [-0.3, -0.25) is 4.79 Å². The minimum atomic E-state index is -0.971. The van der Waals surface area contributed by atoms with Crippen molar-refractivity contribution in [1.82, 2.24) is 4.90 Å². The molecule has 220 valence electrons. The van der Waals surface area contributed by atoms with Gasteiger partial charge < -0.3 is 10.0 Å². The molecular formula is C39H41NO3. The third kappa shape index (κ3) is 9.18. The lowest BCUT2D eigenvalue weighted by Gasteiger charge is -2.24. The van der Waals surface area contributed by atoms with E-state index in [-0.39, 0.29) is 16.9 Å². The van der Waals surface area contributed by atoms with Gasteiger partial charge in [0.25, 0.3) is 5.91 Å². The van der Waals surface area contributed by atoms with Crippen LogP contribution in [-0.4, -0.2) is 21.9 Å². The van der Waals surface area contributed by atoms with Crippen molar-refractivity contribution in [2.45, 2.75) is 71.9 Å². The average Bonchev–Trinajstić information content (AvgIpc) is 3.24. The van der Waals surface area contributed by atoms with Crippen LogP contribution in [0.25, 0.3) is 0 Å². The van der Waals surface area contributed by atoms with Crippen molar-refractivity contribution in [2.75, 3.05) is 0 Å². The number of amides is 1. The number of carboxylic acids is 1. The summed E-state index contributed by atoms with van der Waals surface area (Å²) in [6.45, 7) is 9.43. The van der Waals surface area contributed by atoms with Crippen LogP contribution in [0.1, 0.15) is 96.3 Å². The van der Waals surface area contributed by atoms with E-state index in [9.17, 15) is 14.7 Å². The lowest BCUT2D eigenvalue weighted by Crippen LogP contribution is -2.30. The number of carbonyl (C=O) groups excluding carboxylic acids is 1. The van der Waals surface area contributed by atoms with E-state index < -0.39 is 5.97 Å². The number of aromatic carboxylic acids is 1. The highest BCUT2D eigenvalue weighted by molar-refractivity contribution is 5.94. The molecule has 4 rings (SSSR count). The summed E-state index contributed by atoms with van der Waals surface area (Å²) in [5.41, 5.74) is 7.22. The molecule has 43 heavy (non-hydrogen) atoms. The summed E-state index contributed by atoms with van der Waals surface area (Å²) in [6, 6.07) is 22.5.